The van der Waals surface area contributed by atoms with Crippen LogP contribution in [0, 0.1) is 0 Å². The zero-order chi connectivity index (χ0) is 13.4. The van der Waals surface area contributed by atoms with Crippen LogP contribution in [0.25, 0.3) is 33.7 Å². The molecule has 3 heteroatoms. The summed E-state index contributed by atoms with van der Waals surface area (Å²) < 4.78 is 0. The summed E-state index contributed by atoms with van der Waals surface area (Å²) in [7, 11) is 0. The first-order valence-corrected chi connectivity index (χ1v) is 6.59. The number of nitrogens with zero attached hydrogens (tertiary/aromatic N) is 1. The van der Waals surface area contributed by atoms with Crippen LogP contribution in [0.5, 0.6) is 0 Å². The summed E-state index contributed by atoms with van der Waals surface area (Å²) >= 11 is 0. The monoisotopic (exact) mass is 259 g/mol. The van der Waals surface area contributed by atoms with Crippen molar-refractivity contribution in [3.8, 4) is 22.8 Å². The smallest absolute Gasteiger partial charge is 0.137 e. The second kappa shape index (κ2) is 4.38. The van der Waals surface area contributed by atoms with Gasteiger partial charge in [0.05, 0.1) is 17.6 Å². The van der Waals surface area contributed by atoms with Gasteiger partial charge in [-0.2, -0.15) is 0 Å². The molecule has 20 heavy (non-hydrogen) atoms. The Morgan fingerprint density at radius 1 is 0.750 bits per heavy atom. The van der Waals surface area contributed by atoms with Crippen LogP contribution in [0.15, 0.2) is 66.9 Å². The molecule has 4 rings (SSSR count). The molecule has 0 spiro atoms. The molecular formula is C17H13N3. The second-order valence-corrected chi connectivity index (χ2v) is 4.78. The number of hydrogen-bond donors (Lipinski definition) is 2. The molecular weight excluding hydrogens is 246 g/mol. The highest BCUT2D eigenvalue weighted by molar-refractivity contribution is 5.85. The molecule has 0 bridgehead atoms. The van der Waals surface area contributed by atoms with E-state index in [2.05, 4.69) is 33.2 Å². The van der Waals surface area contributed by atoms with Crippen molar-refractivity contribution in [2.45, 2.75) is 0 Å². The third-order valence-corrected chi connectivity index (χ3v) is 3.44. The van der Waals surface area contributed by atoms with Crippen molar-refractivity contribution in [3.05, 3.63) is 66.9 Å². The molecule has 2 N–H and O–H groups in total. The Kier molecular flexibility index (Phi) is 2.42. The van der Waals surface area contributed by atoms with Crippen LogP contribution in [0.4, 0.5) is 0 Å². The average Bonchev–Trinajstić information content (AvgIpc) is 3.14. The number of benzene rings is 2. The number of para-hydroxylation sites is 1. The Balaban J connectivity index is 1.78. The second-order valence-electron chi connectivity index (χ2n) is 4.78. The van der Waals surface area contributed by atoms with E-state index in [4.69, 9.17) is 0 Å². The van der Waals surface area contributed by atoms with Crippen molar-refractivity contribution < 1.29 is 0 Å². The van der Waals surface area contributed by atoms with E-state index in [1.54, 1.807) is 0 Å². The van der Waals surface area contributed by atoms with E-state index in [9.17, 15) is 0 Å². The Labute approximate surface area is 116 Å². The van der Waals surface area contributed by atoms with E-state index in [0.717, 1.165) is 28.3 Å². The molecule has 0 unspecified atom stereocenters. The Hall–Kier alpha value is -2.81. The Morgan fingerprint density at radius 3 is 2.40 bits per heavy atom. The summed E-state index contributed by atoms with van der Waals surface area (Å²) in [5.74, 6) is 0.888. The van der Waals surface area contributed by atoms with Gasteiger partial charge in [-0.1, -0.05) is 48.5 Å². The van der Waals surface area contributed by atoms with E-state index in [1.807, 2.05) is 48.7 Å². The lowest BCUT2D eigenvalue weighted by atomic mass is 10.2. The standard InChI is InChI=1S/C17H13N3/c1-2-6-12(7-3-1)17-18-11-16(20-17)15-10-13-8-4-5-9-14(13)19-15/h1-11,19H,(H,18,20). The van der Waals surface area contributed by atoms with Gasteiger partial charge in [0.15, 0.2) is 0 Å². The minimum atomic E-state index is 0.888. The fraction of sp³-hybridized carbons (Fsp3) is 0. The van der Waals surface area contributed by atoms with E-state index >= 15 is 0 Å². The predicted octanol–water partition coefficient (Wildman–Crippen LogP) is 4.23. The number of H-pyrrole nitrogens is 2. The Morgan fingerprint density at radius 2 is 1.55 bits per heavy atom. The highest BCUT2D eigenvalue weighted by Gasteiger charge is 2.07. The molecule has 0 amide bonds. The van der Waals surface area contributed by atoms with Gasteiger partial charge >= 0.3 is 0 Å². The van der Waals surface area contributed by atoms with E-state index < -0.39 is 0 Å². The Bertz CT molecular complexity index is 823. The van der Waals surface area contributed by atoms with Crippen LogP contribution < -0.4 is 0 Å². The summed E-state index contributed by atoms with van der Waals surface area (Å²) in [5, 5.41) is 1.21. The van der Waals surface area contributed by atoms with Crippen molar-refractivity contribution in [3.63, 3.8) is 0 Å². The van der Waals surface area contributed by atoms with Gasteiger partial charge in [0, 0.05) is 16.5 Å². The fourth-order valence-corrected chi connectivity index (χ4v) is 2.42. The van der Waals surface area contributed by atoms with Gasteiger partial charge < -0.3 is 9.97 Å². The fourth-order valence-electron chi connectivity index (χ4n) is 2.42. The van der Waals surface area contributed by atoms with Crippen molar-refractivity contribution in [2.24, 2.45) is 0 Å². The van der Waals surface area contributed by atoms with Crippen LogP contribution in [-0.2, 0) is 0 Å². The van der Waals surface area contributed by atoms with Gasteiger partial charge in [-0.25, -0.2) is 4.98 Å². The first-order valence-electron chi connectivity index (χ1n) is 6.59. The molecule has 96 valence electrons. The number of aromatic nitrogens is 3. The van der Waals surface area contributed by atoms with Crippen LogP contribution in [0.1, 0.15) is 0 Å². The maximum Gasteiger partial charge on any atom is 0.137 e. The van der Waals surface area contributed by atoms with Crippen LogP contribution in [0.3, 0.4) is 0 Å². The maximum atomic E-state index is 4.46. The first kappa shape index (κ1) is 11.1. The number of hydrogen-bond acceptors (Lipinski definition) is 1. The zero-order valence-corrected chi connectivity index (χ0v) is 10.8. The van der Waals surface area contributed by atoms with E-state index in [1.165, 1.54) is 5.39 Å². The molecule has 0 aliphatic heterocycles. The molecule has 3 nitrogen and oxygen atoms in total. The molecule has 0 saturated carbocycles. The number of nitrogens with one attached hydrogen (secondary N) is 2. The summed E-state index contributed by atoms with van der Waals surface area (Å²) in [4.78, 5) is 11.2. The normalized spacial score (nSPS) is 11.0. The SMILES string of the molecule is c1ccc(-c2ncc(-c3cc4ccccc4[nH]3)[nH]2)cc1. The minimum absolute atomic E-state index is 0.888. The van der Waals surface area contributed by atoms with Crippen molar-refractivity contribution in [2.75, 3.05) is 0 Å². The lowest BCUT2D eigenvalue weighted by Crippen LogP contribution is -1.80. The van der Waals surface area contributed by atoms with Crippen LogP contribution in [-0.4, -0.2) is 15.0 Å². The molecule has 2 aromatic carbocycles. The highest BCUT2D eigenvalue weighted by Crippen LogP contribution is 2.24. The highest BCUT2D eigenvalue weighted by atomic mass is 14.9. The van der Waals surface area contributed by atoms with Gasteiger partial charge in [0.25, 0.3) is 0 Å². The zero-order valence-electron chi connectivity index (χ0n) is 10.8. The summed E-state index contributed by atoms with van der Waals surface area (Å²) in [6.07, 6.45) is 1.87. The molecule has 4 aromatic rings. The lowest BCUT2D eigenvalue weighted by Gasteiger charge is -1.95. The average molecular weight is 259 g/mol. The molecule has 0 aliphatic carbocycles. The lowest BCUT2D eigenvalue weighted by molar-refractivity contribution is 1.30. The molecule has 2 heterocycles. The van der Waals surface area contributed by atoms with Gasteiger partial charge in [0.1, 0.15) is 5.82 Å². The third kappa shape index (κ3) is 1.80. The van der Waals surface area contributed by atoms with Gasteiger partial charge in [-0.05, 0) is 12.1 Å². The van der Waals surface area contributed by atoms with Crippen molar-refractivity contribution >= 4 is 10.9 Å². The quantitative estimate of drug-likeness (QED) is 0.556. The van der Waals surface area contributed by atoms with Crippen molar-refractivity contribution in [1.29, 1.82) is 0 Å². The molecule has 0 aliphatic rings. The summed E-state index contributed by atoms with van der Waals surface area (Å²) in [6.45, 7) is 0. The summed E-state index contributed by atoms with van der Waals surface area (Å²) in [6, 6.07) is 20.5. The van der Waals surface area contributed by atoms with Gasteiger partial charge in [-0.15, -0.1) is 0 Å². The topological polar surface area (TPSA) is 44.5 Å². The number of aromatic amines is 2. The number of imidazole rings is 1. The molecule has 2 aromatic heterocycles. The third-order valence-electron chi connectivity index (χ3n) is 3.44. The largest absolute Gasteiger partial charge is 0.353 e. The van der Waals surface area contributed by atoms with E-state index in [0.29, 0.717) is 0 Å². The molecule has 0 saturated heterocycles. The van der Waals surface area contributed by atoms with Gasteiger partial charge in [-0.3, -0.25) is 0 Å². The van der Waals surface area contributed by atoms with Gasteiger partial charge in [0.2, 0.25) is 0 Å². The molecule has 0 fully saturated rings. The van der Waals surface area contributed by atoms with Crippen molar-refractivity contribution in [1.82, 2.24) is 15.0 Å². The number of rotatable bonds is 2. The van der Waals surface area contributed by atoms with Crippen LogP contribution >= 0.6 is 0 Å². The predicted molar refractivity (Wildman–Crippen MR) is 81.3 cm³/mol. The summed E-state index contributed by atoms with van der Waals surface area (Å²) in [5.41, 5.74) is 4.29. The maximum absolute atomic E-state index is 4.46. The molecule has 0 radical (unpaired) electrons. The van der Waals surface area contributed by atoms with Crippen LogP contribution in [0.2, 0.25) is 0 Å². The van der Waals surface area contributed by atoms with E-state index in [-0.39, 0.29) is 0 Å². The number of fused-ring (bicyclic) bond motifs is 1. The molecule has 0 atom stereocenters. The minimum Gasteiger partial charge on any atom is -0.353 e. The first-order chi connectivity index (χ1) is 9.90.